The third kappa shape index (κ3) is 5.45. The summed E-state index contributed by atoms with van der Waals surface area (Å²) < 4.78 is 41.6. The molecule has 12 heteroatoms. The van der Waals surface area contributed by atoms with Crippen molar-refractivity contribution in [2.24, 2.45) is 0 Å². The van der Waals surface area contributed by atoms with E-state index in [4.69, 9.17) is 11.6 Å². The maximum atomic E-state index is 13.9. The number of benzene rings is 2. The lowest BCUT2D eigenvalue weighted by Crippen LogP contribution is -2.47. The normalized spacial score (nSPS) is 15.6. The van der Waals surface area contributed by atoms with Crippen molar-refractivity contribution >= 4 is 50.6 Å². The number of aromatic hydroxyl groups is 1. The third-order valence-electron chi connectivity index (χ3n) is 6.27. The van der Waals surface area contributed by atoms with Crippen molar-refractivity contribution in [2.45, 2.75) is 6.18 Å². The van der Waals surface area contributed by atoms with Gasteiger partial charge >= 0.3 is 6.18 Å². The highest BCUT2D eigenvalue weighted by Gasteiger charge is 2.33. The SMILES string of the molecule is OCCN1CCN(c2nc(O)c(C(=Cc3ccc(Cl)cc3C(F)(F)F)c3ccc4[nH]ncc4c3)s2)CC1. The number of rotatable bonds is 6. The van der Waals surface area contributed by atoms with E-state index in [2.05, 4.69) is 20.1 Å². The Labute approximate surface area is 219 Å². The summed E-state index contributed by atoms with van der Waals surface area (Å²) in [6.07, 6.45) is -1.58. The fourth-order valence-corrected chi connectivity index (χ4v) is 5.58. The topological polar surface area (TPSA) is 88.5 Å². The first-order valence-corrected chi connectivity index (χ1v) is 12.7. The number of alkyl halides is 3. The van der Waals surface area contributed by atoms with Gasteiger partial charge in [0.1, 0.15) is 4.88 Å². The smallest absolute Gasteiger partial charge is 0.417 e. The number of fused-ring (bicyclic) bond motifs is 1. The van der Waals surface area contributed by atoms with E-state index in [1.807, 2.05) is 4.90 Å². The second-order valence-corrected chi connectivity index (χ2v) is 10.1. The fraction of sp³-hybridized carbons (Fsp3) is 0.280. The van der Waals surface area contributed by atoms with Crippen LogP contribution < -0.4 is 4.90 Å². The molecule has 4 aromatic rings. The molecule has 2 aromatic heterocycles. The molecule has 1 fully saturated rings. The molecule has 5 rings (SSSR count). The van der Waals surface area contributed by atoms with Gasteiger partial charge in [-0.15, -0.1) is 0 Å². The molecule has 0 radical (unpaired) electrons. The van der Waals surface area contributed by atoms with Gasteiger partial charge in [-0.05, 0) is 41.5 Å². The summed E-state index contributed by atoms with van der Waals surface area (Å²) in [5.41, 5.74) is 0.837. The van der Waals surface area contributed by atoms with Crippen LogP contribution in [0.1, 0.15) is 21.6 Å². The van der Waals surface area contributed by atoms with Gasteiger partial charge in [0, 0.05) is 48.7 Å². The first kappa shape index (κ1) is 25.5. The molecule has 1 saturated heterocycles. The van der Waals surface area contributed by atoms with Crippen LogP contribution in [0.3, 0.4) is 0 Å². The summed E-state index contributed by atoms with van der Waals surface area (Å²) in [7, 11) is 0. The predicted octanol–water partition coefficient (Wildman–Crippen LogP) is 5.10. The van der Waals surface area contributed by atoms with Gasteiger partial charge in [0.25, 0.3) is 0 Å². The van der Waals surface area contributed by atoms with Gasteiger partial charge in [0.05, 0.1) is 23.9 Å². The summed E-state index contributed by atoms with van der Waals surface area (Å²) >= 11 is 7.11. The number of anilines is 1. The monoisotopic (exact) mass is 549 g/mol. The van der Waals surface area contributed by atoms with Crippen LogP contribution in [0.25, 0.3) is 22.6 Å². The minimum absolute atomic E-state index is 0.0193. The van der Waals surface area contributed by atoms with E-state index in [-0.39, 0.29) is 23.1 Å². The first-order chi connectivity index (χ1) is 17.7. The summed E-state index contributed by atoms with van der Waals surface area (Å²) in [6, 6.07) is 8.98. The molecule has 0 bridgehead atoms. The summed E-state index contributed by atoms with van der Waals surface area (Å²) in [4.78, 5) is 8.88. The molecule has 37 heavy (non-hydrogen) atoms. The zero-order valence-electron chi connectivity index (χ0n) is 19.5. The molecule has 194 valence electrons. The second kappa shape index (κ2) is 10.3. The zero-order chi connectivity index (χ0) is 26.2. The molecule has 0 spiro atoms. The number of nitrogens with one attached hydrogen (secondary N) is 1. The van der Waals surface area contributed by atoms with E-state index in [1.54, 1.807) is 24.4 Å². The Balaban J connectivity index is 1.60. The van der Waals surface area contributed by atoms with Crippen molar-refractivity contribution in [2.75, 3.05) is 44.2 Å². The first-order valence-electron chi connectivity index (χ1n) is 11.5. The number of aromatic amines is 1. The molecule has 0 amide bonds. The largest absolute Gasteiger partial charge is 0.492 e. The number of halogens is 4. The van der Waals surface area contributed by atoms with E-state index in [0.29, 0.717) is 40.8 Å². The number of aromatic nitrogens is 3. The highest BCUT2D eigenvalue weighted by atomic mass is 35.5. The van der Waals surface area contributed by atoms with Crippen molar-refractivity contribution in [3.63, 3.8) is 0 Å². The molecular formula is C25H23ClF3N5O2S. The van der Waals surface area contributed by atoms with Gasteiger partial charge in [-0.25, -0.2) is 0 Å². The van der Waals surface area contributed by atoms with Gasteiger partial charge in [0.15, 0.2) is 5.13 Å². The highest BCUT2D eigenvalue weighted by molar-refractivity contribution is 7.17. The lowest BCUT2D eigenvalue weighted by molar-refractivity contribution is -0.137. The third-order valence-corrected chi connectivity index (χ3v) is 7.65. The van der Waals surface area contributed by atoms with Crippen LogP contribution >= 0.6 is 22.9 Å². The van der Waals surface area contributed by atoms with Crippen LogP contribution in [-0.4, -0.2) is 69.6 Å². The molecule has 7 nitrogen and oxygen atoms in total. The van der Waals surface area contributed by atoms with E-state index in [0.717, 1.165) is 30.1 Å². The lowest BCUT2D eigenvalue weighted by atomic mass is 9.98. The van der Waals surface area contributed by atoms with Gasteiger partial charge in [-0.1, -0.05) is 35.1 Å². The number of aliphatic hydroxyl groups excluding tert-OH is 1. The standard InChI is InChI=1S/C25H23ClF3N5O2S/c26-18-3-1-16(20(13-18)25(27,28)29)12-19(15-2-4-21-17(11-15)14-30-32-21)22-23(36)31-24(37-22)34-7-5-33(6-8-34)9-10-35/h1-4,11-14,35-36H,5-10H2,(H,30,32). The highest BCUT2D eigenvalue weighted by Crippen LogP contribution is 2.42. The number of hydrogen-bond acceptors (Lipinski definition) is 7. The van der Waals surface area contributed by atoms with Crippen LogP contribution in [0.5, 0.6) is 5.88 Å². The van der Waals surface area contributed by atoms with Crippen molar-refractivity contribution < 1.29 is 23.4 Å². The summed E-state index contributed by atoms with van der Waals surface area (Å²) in [5.74, 6) is -0.251. The Morgan fingerprint density at radius 3 is 2.65 bits per heavy atom. The molecule has 0 atom stereocenters. The Morgan fingerprint density at radius 2 is 1.92 bits per heavy atom. The van der Waals surface area contributed by atoms with Crippen molar-refractivity contribution in [1.82, 2.24) is 20.1 Å². The minimum Gasteiger partial charge on any atom is -0.492 e. The number of hydrogen-bond donors (Lipinski definition) is 3. The second-order valence-electron chi connectivity index (χ2n) is 8.66. The number of piperazine rings is 1. The van der Waals surface area contributed by atoms with Crippen LogP contribution in [0.4, 0.5) is 18.3 Å². The Hall–Kier alpha value is -3.12. The molecule has 2 aromatic carbocycles. The fourth-order valence-electron chi connectivity index (χ4n) is 4.36. The number of nitrogens with zero attached hydrogens (tertiary/aromatic N) is 4. The van der Waals surface area contributed by atoms with Gasteiger partial charge in [-0.2, -0.15) is 23.3 Å². The Morgan fingerprint density at radius 1 is 1.14 bits per heavy atom. The summed E-state index contributed by atoms with van der Waals surface area (Å²) in [6.45, 7) is 3.45. The van der Waals surface area contributed by atoms with Gasteiger partial charge in [0.2, 0.25) is 5.88 Å². The van der Waals surface area contributed by atoms with Crippen LogP contribution in [0.2, 0.25) is 5.02 Å². The predicted molar refractivity (Wildman–Crippen MR) is 139 cm³/mol. The summed E-state index contributed by atoms with van der Waals surface area (Å²) in [5, 5.41) is 28.3. The molecule has 1 aliphatic rings. The number of thiazole rings is 1. The number of H-pyrrole nitrogens is 1. The average Bonchev–Trinajstić information content (AvgIpc) is 3.49. The molecule has 0 aliphatic carbocycles. The van der Waals surface area contributed by atoms with Crippen LogP contribution in [0, 0.1) is 0 Å². The molecule has 3 heterocycles. The van der Waals surface area contributed by atoms with Crippen molar-refractivity contribution in [1.29, 1.82) is 0 Å². The van der Waals surface area contributed by atoms with Crippen molar-refractivity contribution in [3.8, 4) is 5.88 Å². The van der Waals surface area contributed by atoms with Crippen LogP contribution in [0.15, 0.2) is 42.6 Å². The van der Waals surface area contributed by atoms with E-state index < -0.39 is 11.7 Å². The zero-order valence-corrected chi connectivity index (χ0v) is 21.0. The quantitative estimate of drug-likeness (QED) is 0.290. The lowest BCUT2D eigenvalue weighted by Gasteiger charge is -2.34. The number of aliphatic hydroxyl groups is 1. The van der Waals surface area contributed by atoms with Gasteiger partial charge in [-0.3, -0.25) is 10.00 Å². The Kier molecular flexibility index (Phi) is 7.13. The maximum Gasteiger partial charge on any atom is 0.417 e. The van der Waals surface area contributed by atoms with Crippen molar-refractivity contribution in [3.05, 3.63) is 69.2 Å². The molecule has 3 N–H and O–H groups in total. The minimum atomic E-state index is -4.62. The molecular weight excluding hydrogens is 527 g/mol. The van der Waals surface area contributed by atoms with Gasteiger partial charge < -0.3 is 15.1 Å². The van der Waals surface area contributed by atoms with E-state index >= 15 is 0 Å². The average molecular weight is 550 g/mol. The maximum absolute atomic E-state index is 13.9. The van der Waals surface area contributed by atoms with E-state index in [9.17, 15) is 23.4 Å². The Bertz CT molecular complexity index is 1440. The molecule has 1 aliphatic heterocycles. The molecule has 0 unspecified atom stereocenters. The molecule has 0 saturated carbocycles. The van der Waals surface area contributed by atoms with Crippen LogP contribution in [-0.2, 0) is 6.18 Å². The van der Waals surface area contributed by atoms with E-state index in [1.165, 1.54) is 29.5 Å². The number of β-amino-alcohol motifs (C(OH)–C–C–N with tert-alkyl or cyclic N) is 1.